The van der Waals surface area contributed by atoms with E-state index in [2.05, 4.69) is 5.32 Å². The first kappa shape index (κ1) is 12.8. The Hall–Kier alpha value is -1.22. The maximum Gasteiger partial charge on any atom is 0.251 e. The number of benzene rings is 1. The fraction of sp³-hybridized carbons (Fsp3) is 0.417. The summed E-state index contributed by atoms with van der Waals surface area (Å²) >= 11 is 5.72. The summed E-state index contributed by atoms with van der Waals surface area (Å²) in [4.78, 5) is 11.8. The van der Waals surface area contributed by atoms with Crippen molar-refractivity contribution in [2.24, 2.45) is 0 Å². The molecule has 4 heteroatoms. The van der Waals surface area contributed by atoms with Crippen molar-refractivity contribution in [3.8, 4) is 5.75 Å². The molecule has 0 fully saturated rings. The number of rotatable bonds is 5. The molecule has 0 bridgehead atoms. The van der Waals surface area contributed by atoms with Crippen LogP contribution < -0.4 is 10.1 Å². The van der Waals surface area contributed by atoms with E-state index >= 15 is 0 Å². The Labute approximate surface area is 101 Å². The van der Waals surface area contributed by atoms with E-state index in [-0.39, 0.29) is 11.9 Å². The minimum absolute atomic E-state index is 0.0142. The molecule has 0 aromatic heterocycles. The molecule has 0 heterocycles. The van der Waals surface area contributed by atoms with E-state index in [0.29, 0.717) is 17.2 Å². The van der Waals surface area contributed by atoms with Gasteiger partial charge in [0.05, 0.1) is 7.11 Å². The topological polar surface area (TPSA) is 38.3 Å². The monoisotopic (exact) mass is 241 g/mol. The second kappa shape index (κ2) is 6.38. The Kier molecular flexibility index (Phi) is 5.12. The number of nitrogens with one attached hydrogen (secondary N) is 1. The van der Waals surface area contributed by atoms with Crippen LogP contribution in [0.5, 0.6) is 5.75 Å². The van der Waals surface area contributed by atoms with Crippen molar-refractivity contribution in [3.63, 3.8) is 0 Å². The fourth-order valence-electron chi connectivity index (χ4n) is 1.28. The number of halogens is 1. The number of methoxy groups -OCH3 is 1. The SMILES string of the molecule is CCC(CCl)NC(=O)c1cccc(OC)c1. The van der Waals surface area contributed by atoms with E-state index in [4.69, 9.17) is 16.3 Å². The first-order chi connectivity index (χ1) is 7.71. The lowest BCUT2D eigenvalue weighted by atomic mass is 10.2. The van der Waals surface area contributed by atoms with Gasteiger partial charge in [0.2, 0.25) is 0 Å². The Bertz CT molecular complexity index is 351. The highest BCUT2D eigenvalue weighted by atomic mass is 35.5. The van der Waals surface area contributed by atoms with Crippen LogP contribution in [-0.4, -0.2) is 24.9 Å². The van der Waals surface area contributed by atoms with Crippen molar-refractivity contribution < 1.29 is 9.53 Å². The smallest absolute Gasteiger partial charge is 0.251 e. The lowest BCUT2D eigenvalue weighted by Crippen LogP contribution is -2.35. The average Bonchev–Trinajstić information content (AvgIpc) is 2.35. The molecular formula is C12H16ClNO2. The van der Waals surface area contributed by atoms with E-state index in [1.54, 1.807) is 31.4 Å². The van der Waals surface area contributed by atoms with Crippen LogP contribution in [0.15, 0.2) is 24.3 Å². The Morgan fingerprint density at radius 1 is 1.56 bits per heavy atom. The van der Waals surface area contributed by atoms with Crippen LogP contribution >= 0.6 is 11.6 Å². The molecule has 0 saturated heterocycles. The van der Waals surface area contributed by atoms with Gasteiger partial charge >= 0.3 is 0 Å². The maximum atomic E-state index is 11.8. The number of carbonyl (C=O) groups is 1. The average molecular weight is 242 g/mol. The van der Waals surface area contributed by atoms with E-state index in [1.807, 2.05) is 6.92 Å². The summed E-state index contributed by atoms with van der Waals surface area (Å²) in [7, 11) is 1.57. The number of hydrogen-bond acceptors (Lipinski definition) is 2. The Balaban J connectivity index is 2.72. The minimum Gasteiger partial charge on any atom is -0.497 e. The molecule has 3 nitrogen and oxygen atoms in total. The molecule has 16 heavy (non-hydrogen) atoms. The third-order valence-corrected chi connectivity index (χ3v) is 2.72. The van der Waals surface area contributed by atoms with Gasteiger partial charge in [-0.3, -0.25) is 4.79 Å². The van der Waals surface area contributed by atoms with Gasteiger partial charge in [0.25, 0.3) is 5.91 Å². The van der Waals surface area contributed by atoms with E-state index in [0.717, 1.165) is 6.42 Å². The molecule has 1 amide bonds. The van der Waals surface area contributed by atoms with Gasteiger partial charge in [-0.1, -0.05) is 13.0 Å². The second-order valence-corrected chi connectivity index (χ2v) is 3.77. The van der Waals surface area contributed by atoms with Crippen LogP contribution in [-0.2, 0) is 0 Å². The summed E-state index contributed by atoms with van der Waals surface area (Å²) in [5, 5.41) is 2.86. The predicted octanol–water partition coefficient (Wildman–Crippen LogP) is 2.44. The molecule has 0 aliphatic carbocycles. The molecule has 1 N–H and O–H groups in total. The largest absolute Gasteiger partial charge is 0.497 e. The number of amides is 1. The fourth-order valence-corrected chi connectivity index (χ4v) is 1.58. The highest BCUT2D eigenvalue weighted by Gasteiger charge is 2.11. The van der Waals surface area contributed by atoms with E-state index in [1.165, 1.54) is 0 Å². The summed E-state index contributed by atoms with van der Waals surface area (Å²) in [6.07, 6.45) is 0.819. The molecule has 88 valence electrons. The van der Waals surface area contributed by atoms with Crippen LogP contribution in [0.4, 0.5) is 0 Å². The van der Waals surface area contributed by atoms with Crippen LogP contribution in [0.25, 0.3) is 0 Å². The summed E-state index contributed by atoms with van der Waals surface area (Å²) in [6, 6.07) is 7.06. The highest BCUT2D eigenvalue weighted by molar-refractivity contribution is 6.18. The third kappa shape index (κ3) is 3.42. The minimum atomic E-state index is -0.119. The molecule has 0 aliphatic heterocycles. The van der Waals surface area contributed by atoms with Crippen molar-refractivity contribution in [1.29, 1.82) is 0 Å². The molecule has 1 aromatic rings. The van der Waals surface area contributed by atoms with Gasteiger partial charge in [-0.05, 0) is 24.6 Å². The molecule has 0 radical (unpaired) electrons. The van der Waals surface area contributed by atoms with Gasteiger partial charge < -0.3 is 10.1 Å². The zero-order chi connectivity index (χ0) is 12.0. The first-order valence-electron chi connectivity index (χ1n) is 5.22. The molecule has 0 aliphatic rings. The van der Waals surface area contributed by atoms with Gasteiger partial charge in [-0.15, -0.1) is 11.6 Å². The van der Waals surface area contributed by atoms with E-state index in [9.17, 15) is 4.79 Å². The Morgan fingerprint density at radius 3 is 2.88 bits per heavy atom. The van der Waals surface area contributed by atoms with Crippen molar-refractivity contribution in [3.05, 3.63) is 29.8 Å². The summed E-state index contributed by atoms with van der Waals surface area (Å²) < 4.78 is 5.06. The van der Waals surface area contributed by atoms with Crippen molar-refractivity contribution in [2.75, 3.05) is 13.0 Å². The lowest BCUT2D eigenvalue weighted by molar-refractivity contribution is 0.0939. The zero-order valence-electron chi connectivity index (χ0n) is 9.50. The molecule has 1 aromatic carbocycles. The molecule has 1 rings (SSSR count). The lowest BCUT2D eigenvalue weighted by Gasteiger charge is -2.13. The number of ether oxygens (including phenoxy) is 1. The molecular weight excluding hydrogens is 226 g/mol. The third-order valence-electron chi connectivity index (χ3n) is 2.35. The summed E-state index contributed by atoms with van der Waals surface area (Å²) in [5.41, 5.74) is 0.586. The predicted molar refractivity (Wildman–Crippen MR) is 65.3 cm³/mol. The quantitative estimate of drug-likeness (QED) is 0.805. The van der Waals surface area contributed by atoms with Gasteiger partial charge in [0.1, 0.15) is 5.75 Å². The van der Waals surface area contributed by atoms with Gasteiger partial charge in [0, 0.05) is 17.5 Å². The standard InChI is InChI=1S/C12H16ClNO2/c1-3-10(8-13)14-12(15)9-5-4-6-11(7-9)16-2/h4-7,10H,3,8H2,1-2H3,(H,14,15). The highest BCUT2D eigenvalue weighted by Crippen LogP contribution is 2.12. The van der Waals surface area contributed by atoms with Crippen LogP contribution in [0.3, 0.4) is 0 Å². The van der Waals surface area contributed by atoms with Gasteiger partial charge in [-0.2, -0.15) is 0 Å². The number of alkyl halides is 1. The van der Waals surface area contributed by atoms with Gasteiger partial charge in [0.15, 0.2) is 0 Å². The first-order valence-corrected chi connectivity index (χ1v) is 5.75. The molecule has 1 unspecified atom stereocenters. The molecule has 0 spiro atoms. The van der Waals surface area contributed by atoms with Crippen LogP contribution in [0, 0.1) is 0 Å². The number of carbonyl (C=O) groups excluding carboxylic acids is 1. The van der Waals surface area contributed by atoms with Crippen LogP contribution in [0.2, 0.25) is 0 Å². The van der Waals surface area contributed by atoms with E-state index < -0.39 is 0 Å². The second-order valence-electron chi connectivity index (χ2n) is 3.46. The molecule has 0 saturated carbocycles. The normalized spacial score (nSPS) is 11.9. The van der Waals surface area contributed by atoms with Crippen molar-refractivity contribution in [1.82, 2.24) is 5.32 Å². The molecule has 1 atom stereocenters. The van der Waals surface area contributed by atoms with Crippen molar-refractivity contribution >= 4 is 17.5 Å². The van der Waals surface area contributed by atoms with Gasteiger partial charge in [-0.25, -0.2) is 0 Å². The Morgan fingerprint density at radius 2 is 2.31 bits per heavy atom. The van der Waals surface area contributed by atoms with Crippen molar-refractivity contribution in [2.45, 2.75) is 19.4 Å². The summed E-state index contributed by atoms with van der Waals surface area (Å²) in [5.74, 6) is 0.977. The number of hydrogen-bond donors (Lipinski definition) is 1. The maximum absolute atomic E-state index is 11.8. The van der Waals surface area contributed by atoms with Crippen LogP contribution in [0.1, 0.15) is 23.7 Å². The summed E-state index contributed by atoms with van der Waals surface area (Å²) in [6.45, 7) is 1.99. The zero-order valence-corrected chi connectivity index (χ0v) is 10.3.